The van der Waals surface area contributed by atoms with Crippen LogP contribution in [0.1, 0.15) is 49.0 Å². The number of amides is 1. The van der Waals surface area contributed by atoms with Gasteiger partial charge in [0.15, 0.2) is 0 Å². The summed E-state index contributed by atoms with van der Waals surface area (Å²) in [5.74, 6) is -0.109. The van der Waals surface area contributed by atoms with Crippen LogP contribution in [0.15, 0.2) is 6.20 Å². The van der Waals surface area contributed by atoms with Crippen molar-refractivity contribution < 1.29 is 4.79 Å². The van der Waals surface area contributed by atoms with Crippen molar-refractivity contribution in [1.29, 1.82) is 0 Å². The van der Waals surface area contributed by atoms with E-state index in [4.69, 9.17) is 11.6 Å². The molecule has 0 radical (unpaired) electrons. The van der Waals surface area contributed by atoms with Gasteiger partial charge in [-0.2, -0.15) is 5.10 Å². The Morgan fingerprint density at radius 1 is 1.41 bits per heavy atom. The van der Waals surface area contributed by atoms with Crippen molar-refractivity contribution in [2.75, 3.05) is 0 Å². The van der Waals surface area contributed by atoms with Gasteiger partial charge in [-0.3, -0.25) is 9.48 Å². The molecule has 0 spiro atoms. The summed E-state index contributed by atoms with van der Waals surface area (Å²) < 4.78 is 1.52. The molecule has 0 unspecified atom stereocenters. The van der Waals surface area contributed by atoms with Crippen molar-refractivity contribution in [2.24, 2.45) is 7.05 Å². The van der Waals surface area contributed by atoms with Crippen molar-refractivity contribution in [3.63, 3.8) is 0 Å². The van der Waals surface area contributed by atoms with E-state index < -0.39 is 0 Å². The number of aromatic nitrogens is 2. The number of rotatable bonds is 2. The fourth-order valence-electron chi connectivity index (χ4n) is 2.34. The van der Waals surface area contributed by atoms with E-state index in [2.05, 4.69) is 10.4 Å². The largest absolute Gasteiger partial charge is 0.348 e. The zero-order valence-electron chi connectivity index (χ0n) is 10.1. The maximum absolute atomic E-state index is 12.1. The molecule has 1 heterocycles. The molecule has 1 aliphatic rings. The minimum absolute atomic E-state index is 0.109. The second-order valence-electron chi connectivity index (χ2n) is 4.63. The van der Waals surface area contributed by atoms with Crippen LogP contribution in [0, 0.1) is 0 Å². The first-order valence-corrected chi connectivity index (χ1v) is 6.54. The van der Waals surface area contributed by atoms with E-state index in [0.717, 1.165) is 12.8 Å². The van der Waals surface area contributed by atoms with Gasteiger partial charge < -0.3 is 5.32 Å². The molecule has 0 aromatic carbocycles. The SMILES string of the molecule is Cn1ncc(Cl)c1C(=O)NC1CCCCCC1. The number of carbonyl (C=O) groups is 1. The maximum atomic E-state index is 12.1. The van der Waals surface area contributed by atoms with Crippen molar-refractivity contribution in [3.8, 4) is 0 Å². The smallest absolute Gasteiger partial charge is 0.271 e. The van der Waals surface area contributed by atoms with E-state index in [0.29, 0.717) is 10.7 Å². The predicted molar refractivity (Wildman–Crippen MR) is 67.2 cm³/mol. The molecule has 0 aliphatic heterocycles. The van der Waals surface area contributed by atoms with Gasteiger partial charge in [0.1, 0.15) is 5.69 Å². The minimum Gasteiger partial charge on any atom is -0.348 e. The van der Waals surface area contributed by atoms with Crippen molar-refractivity contribution in [3.05, 3.63) is 16.9 Å². The third kappa shape index (κ3) is 3.00. The van der Waals surface area contributed by atoms with Crippen LogP contribution in [0.4, 0.5) is 0 Å². The van der Waals surface area contributed by atoms with E-state index in [1.807, 2.05) is 0 Å². The zero-order chi connectivity index (χ0) is 12.3. The highest BCUT2D eigenvalue weighted by atomic mass is 35.5. The second-order valence-corrected chi connectivity index (χ2v) is 5.03. The molecule has 1 aliphatic carbocycles. The summed E-state index contributed by atoms with van der Waals surface area (Å²) in [7, 11) is 1.73. The molecule has 0 bridgehead atoms. The fourth-order valence-corrected chi connectivity index (χ4v) is 2.60. The van der Waals surface area contributed by atoms with E-state index >= 15 is 0 Å². The van der Waals surface area contributed by atoms with Crippen LogP contribution in [0.3, 0.4) is 0 Å². The Balaban J connectivity index is 2.01. The Labute approximate surface area is 106 Å². The van der Waals surface area contributed by atoms with Crippen LogP contribution in [0.25, 0.3) is 0 Å². The lowest BCUT2D eigenvalue weighted by atomic mass is 10.1. The van der Waals surface area contributed by atoms with Crippen LogP contribution in [-0.4, -0.2) is 21.7 Å². The lowest BCUT2D eigenvalue weighted by Gasteiger charge is -2.16. The first kappa shape index (κ1) is 12.4. The molecule has 1 N–H and O–H groups in total. The number of hydrogen-bond donors (Lipinski definition) is 1. The Morgan fingerprint density at radius 3 is 2.59 bits per heavy atom. The highest BCUT2D eigenvalue weighted by molar-refractivity contribution is 6.33. The number of carbonyl (C=O) groups excluding carboxylic acids is 1. The first-order chi connectivity index (χ1) is 8.18. The van der Waals surface area contributed by atoms with Gasteiger partial charge in [0.2, 0.25) is 0 Å². The van der Waals surface area contributed by atoms with Gasteiger partial charge >= 0.3 is 0 Å². The Bertz CT molecular complexity index is 375. The number of nitrogens with zero attached hydrogens (tertiary/aromatic N) is 2. The van der Waals surface area contributed by atoms with Gasteiger partial charge in [0.05, 0.1) is 11.2 Å². The highest BCUT2D eigenvalue weighted by Crippen LogP contribution is 2.19. The average Bonchev–Trinajstić information content (AvgIpc) is 2.53. The van der Waals surface area contributed by atoms with Crippen molar-refractivity contribution >= 4 is 17.5 Å². The molecule has 1 amide bonds. The molecule has 1 aromatic rings. The van der Waals surface area contributed by atoms with E-state index in [1.54, 1.807) is 7.05 Å². The zero-order valence-corrected chi connectivity index (χ0v) is 10.8. The molecule has 94 valence electrons. The lowest BCUT2D eigenvalue weighted by Crippen LogP contribution is -2.35. The summed E-state index contributed by atoms with van der Waals surface area (Å²) in [5.41, 5.74) is 0.455. The molecule has 1 fully saturated rings. The van der Waals surface area contributed by atoms with Crippen LogP contribution in [-0.2, 0) is 7.05 Å². The van der Waals surface area contributed by atoms with Gasteiger partial charge in [-0.25, -0.2) is 0 Å². The maximum Gasteiger partial charge on any atom is 0.271 e. The molecule has 4 nitrogen and oxygen atoms in total. The predicted octanol–water partition coefficient (Wildman–Crippen LogP) is 2.53. The summed E-state index contributed by atoms with van der Waals surface area (Å²) in [5, 5.41) is 7.45. The third-order valence-corrected chi connectivity index (χ3v) is 3.58. The van der Waals surface area contributed by atoms with Crippen LogP contribution in [0.2, 0.25) is 5.02 Å². The van der Waals surface area contributed by atoms with E-state index in [-0.39, 0.29) is 11.9 Å². The molecular formula is C12H18ClN3O. The summed E-state index contributed by atoms with van der Waals surface area (Å²) in [4.78, 5) is 12.1. The third-order valence-electron chi connectivity index (χ3n) is 3.30. The molecule has 17 heavy (non-hydrogen) atoms. The lowest BCUT2D eigenvalue weighted by molar-refractivity contribution is 0.0924. The second kappa shape index (κ2) is 5.54. The van der Waals surface area contributed by atoms with Crippen LogP contribution < -0.4 is 5.32 Å². The molecule has 1 aromatic heterocycles. The van der Waals surface area contributed by atoms with Crippen molar-refractivity contribution in [2.45, 2.75) is 44.6 Å². The fraction of sp³-hybridized carbons (Fsp3) is 0.667. The van der Waals surface area contributed by atoms with Crippen LogP contribution >= 0.6 is 11.6 Å². The van der Waals surface area contributed by atoms with Gasteiger partial charge in [0, 0.05) is 13.1 Å². The molecule has 0 atom stereocenters. The Hall–Kier alpha value is -1.03. The number of hydrogen-bond acceptors (Lipinski definition) is 2. The van der Waals surface area contributed by atoms with Gasteiger partial charge in [0.25, 0.3) is 5.91 Å². The van der Waals surface area contributed by atoms with Crippen LogP contribution in [0.5, 0.6) is 0 Å². The standard InChI is InChI=1S/C12H18ClN3O/c1-16-11(10(13)8-14-16)12(17)15-9-6-4-2-3-5-7-9/h8-9H,2-7H2,1H3,(H,15,17). The molecule has 5 heteroatoms. The molecule has 1 saturated carbocycles. The number of aryl methyl sites for hydroxylation is 1. The summed E-state index contributed by atoms with van der Waals surface area (Å²) in [6.07, 6.45) is 8.60. The highest BCUT2D eigenvalue weighted by Gasteiger charge is 2.20. The Morgan fingerprint density at radius 2 is 2.06 bits per heavy atom. The van der Waals surface area contributed by atoms with Gasteiger partial charge in [-0.05, 0) is 12.8 Å². The summed E-state index contributed by atoms with van der Waals surface area (Å²) >= 11 is 5.95. The van der Waals surface area contributed by atoms with Crippen molar-refractivity contribution in [1.82, 2.24) is 15.1 Å². The Kier molecular flexibility index (Phi) is 4.05. The van der Waals surface area contributed by atoms with Gasteiger partial charge in [-0.1, -0.05) is 37.3 Å². The van der Waals surface area contributed by atoms with Gasteiger partial charge in [-0.15, -0.1) is 0 Å². The number of halogens is 1. The van der Waals surface area contributed by atoms with E-state index in [1.165, 1.54) is 36.6 Å². The average molecular weight is 256 g/mol. The van der Waals surface area contributed by atoms with E-state index in [9.17, 15) is 4.79 Å². The molecule has 2 rings (SSSR count). The molecule has 0 saturated heterocycles. The summed E-state index contributed by atoms with van der Waals surface area (Å²) in [6.45, 7) is 0. The molecular weight excluding hydrogens is 238 g/mol. The summed E-state index contributed by atoms with van der Waals surface area (Å²) in [6, 6.07) is 0.288. The topological polar surface area (TPSA) is 46.9 Å². The normalized spacial score (nSPS) is 17.8. The quantitative estimate of drug-likeness (QED) is 0.826. The first-order valence-electron chi connectivity index (χ1n) is 6.17. The minimum atomic E-state index is -0.109. The number of nitrogens with one attached hydrogen (secondary N) is 1. The monoisotopic (exact) mass is 255 g/mol.